The minimum Gasteiger partial charge on any atom is -0.347 e. The number of aryl methyl sites for hydroxylation is 1. The van der Waals surface area contributed by atoms with E-state index in [2.05, 4.69) is 10.4 Å². The fourth-order valence-corrected chi connectivity index (χ4v) is 5.44. The summed E-state index contributed by atoms with van der Waals surface area (Å²) >= 11 is 0. The lowest BCUT2D eigenvalue weighted by Gasteiger charge is -2.61. The molecular formula is C20H28F3N5O2. The molecule has 30 heavy (non-hydrogen) atoms. The highest BCUT2D eigenvalue weighted by Crippen LogP contribution is 2.53. The third-order valence-electron chi connectivity index (χ3n) is 6.86. The second-order valence-corrected chi connectivity index (χ2v) is 9.43. The molecule has 10 heteroatoms. The van der Waals surface area contributed by atoms with Crippen LogP contribution >= 0.6 is 0 Å². The van der Waals surface area contributed by atoms with E-state index in [0.717, 1.165) is 30.0 Å². The van der Waals surface area contributed by atoms with E-state index in [9.17, 15) is 22.8 Å². The predicted octanol–water partition coefficient (Wildman–Crippen LogP) is 2.41. The van der Waals surface area contributed by atoms with Gasteiger partial charge in [-0.25, -0.2) is 4.79 Å². The molecule has 1 aliphatic carbocycles. The number of halogens is 3. The first kappa shape index (κ1) is 21.0. The molecule has 7 nitrogen and oxygen atoms in total. The summed E-state index contributed by atoms with van der Waals surface area (Å²) in [6, 6.07) is 1.15. The first-order valence-corrected chi connectivity index (χ1v) is 10.4. The Morgan fingerprint density at radius 3 is 2.30 bits per heavy atom. The molecule has 166 valence electrons. The number of rotatable bonds is 4. The van der Waals surface area contributed by atoms with Crippen molar-refractivity contribution in [3.05, 3.63) is 17.5 Å². The third kappa shape index (κ3) is 3.65. The van der Waals surface area contributed by atoms with Gasteiger partial charge < -0.3 is 15.1 Å². The first-order chi connectivity index (χ1) is 13.9. The molecule has 1 aromatic heterocycles. The zero-order valence-electron chi connectivity index (χ0n) is 17.6. The highest BCUT2D eigenvalue weighted by molar-refractivity contribution is 5.79. The second kappa shape index (κ2) is 6.88. The molecule has 1 N–H and O–H groups in total. The van der Waals surface area contributed by atoms with E-state index < -0.39 is 11.9 Å². The van der Waals surface area contributed by atoms with Crippen LogP contribution in [-0.2, 0) is 24.4 Å². The number of hydrogen-bond donors (Lipinski definition) is 1. The highest BCUT2D eigenvalue weighted by Gasteiger charge is 2.56. The van der Waals surface area contributed by atoms with Crippen LogP contribution in [0.4, 0.5) is 18.0 Å². The maximum Gasteiger partial charge on any atom is 0.433 e. The van der Waals surface area contributed by atoms with E-state index in [1.807, 2.05) is 11.8 Å². The van der Waals surface area contributed by atoms with Crippen molar-refractivity contribution in [1.82, 2.24) is 24.9 Å². The molecule has 2 saturated heterocycles. The molecule has 0 radical (unpaired) electrons. The van der Waals surface area contributed by atoms with Crippen LogP contribution in [0.1, 0.15) is 44.5 Å². The number of urea groups is 1. The highest BCUT2D eigenvalue weighted by atomic mass is 19.4. The van der Waals surface area contributed by atoms with Crippen LogP contribution in [0.15, 0.2) is 6.07 Å². The molecule has 0 unspecified atom stereocenters. The van der Waals surface area contributed by atoms with Crippen LogP contribution in [0, 0.1) is 11.3 Å². The smallest absolute Gasteiger partial charge is 0.347 e. The lowest BCUT2D eigenvalue weighted by molar-refractivity contribution is -0.143. The van der Waals surface area contributed by atoms with Crippen molar-refractivity contribution >= 4 is 11.9 Å². The van der Waals surface area contributed by atoms with E-state index in [0.29, 0.717) is 44.2 Å². The van der Waals surface area contributed by atoms with E-state index in [-0.39, 0.29) is 22.9 Å². The number of carbonyl (C=O) groups is 2. The maximum absolute atomic E-state index is 12.9. The molecule has 0 aromatic carbocycles. The quantitative estimate of drug-likeness (QED) is 0.802. The lowest BCUT2D eigenvalue weighted by atomic mass is 9.57. The minimum absolute atomic E-state index is 0.0121. The van der Waals surface area contributed by atoms with Crippen molar-refractivity contribution in [2.24, 2.45) is 18.4 Å². The summed E-state index contributed by atoms with van der Waals surface area (Å²) in [5.74, 6) is 0.234. The average Bonchev–Trinajstić information content (AvgIpc) is 2.91. The number of likely N-dealkylation sites (tertiary alicyclic amines) is 2. The van der Waals surface area contributed by atoms with Gasteiger partial charge in [0.15, 0.2) is 0 Å². The standard InChI is InChI=1S/C20H28F3N5O2/c1-4-19(24-13(2)29)11-28(12-19)17(30)27-9-18(10-27)7-14(8-18)5-15-6-16(20(21,22)23)26(3)25-15/h6,14H,4-5,7-12H2,1-3H3,(H,24,29). The summed E-state index contributed by atoms with van der Waals surface area (Å²) in [6.45, 7) is 5.97. The largest absolute Gasteiger partial charge is 0.433 e. The molecule has 1 spiro atoms. The summed E-state index contributed by atoms with van der Waals surface area (Å²) in [4.78, 5) is 27.6. The Kier molecular flexibility index (Phi) is 4.81. The van der Waals surface area contributed by atoms with Gasteiger partial charge in [-0.3, -0.25) is 9.48 Å². The molecular weight excluding hydrogens is 399 g/mol. The van der Waals surface area contributed by atoms with Crippen LogP contribution in [0.2, 0.25) is 0 Å². The van der Waals surface area contributed by atoms with Gasteiger partial charge in [-0.05, 0) is 37.7 Å². The summed E-state index contributed by atoms with van der Waals surface area (Å²) in [5.41, 5.74) is -0.425. The second-order valence-electron chi connectivity index (χ2n) is 9.43. The SMILES string of the molecule is CCC1(NC(C)=O)CN(C(=O)N2CC3(CC(Cc4cc(C(F)(F)F)n(C)n4)C3)C2)C1. The topological polar surface area (TPSA) is 70.5 Å². The number of carbonyl (C=O) groups excluding carboxylic acids is 2. The molecule has 3 aliphatic rings. The van der Waals surface area contributed by atoms with E-state index in [1.54, 1.807) is 4.90 Å². The van der Waals surface area contributed by atoms with E-state index in [1.165, 1.54) is 14.0 Å². The number of amides is 3. The summed E-state index contributed by atoms with van der Waals surface area (Å²) in [7, 11) is 1.32. The Morgan fingerprint density at radius 2 is 1.80 bits per heavy atom. The van der Waals surface area contributed by atoms with Crippen molar-refractivity contribution in [2.45, 2.75) is 51.2 Å². The first-order valence-electron chi connectivity index (χ1n) is 10.4. The van der Waals surface area contributed by atoms with Gasteiger partial charge in [-0.15, -0.1) is 0 Å². The summed E-state index contributed by atoms with van der Waals surface area (Å²) < 4.78 is 39.6. The molecule has 0 atom stereocenters. The molecule has 2 aliphatic heterocycles. The molecule has 3 fully saturated rings. The van der Waals surface area contributed by atoms with Gasteiger partial charge in [0, 0.05) is 45.6 Å². The fraction of sp³-hybridized carbons (Fsp3) is 0.750. The maximum atomic E-state index is 12.9. The average molecular weight is 427 g/mol. The molecule has 0 bridgehead atoms. The van der Waals surface area contributed by atoms with Crippen LogP contribution in [-0.4, -0.2) is 63.2 Å². The monoisotopic (exact) mass is 427 g/mol. The Hall–Kier alpha value is -2.26. The van der Waals surface area contributed by atoms with Crippen molar-refractivity contribution in [2.75, 3.05) is 26.2 Å². The van der Waals surface area contributed by atoms with Gasteiger partial charge >= 0.3 is 12.2 Å². The summed E-state index contributed by atoms with van der Waals surface area (Å²) in [5, 5.41) is 6.97. The number of alkyl halides is 3. The molecule has 3 amide bonds. The minimum atomic E-state index is -4.39. The number of nitrogens with zero attached hydrogens (tertiary/aromatic N) is 4. The van der Waals surface area contributed by atoms with Crippen LogP contribution < -0.4 is 5.32 Å². The number of aromatic nitrogens is 2. The van der Waals surface area contributed by atoms with Crippen molar-refractivity contribution in [1.29, 1.82) is 0 Å². The summed E-state index contributed by atoms with van der Waals surface area (Å²) in [6.07, 6.45) is -1.23. The van der Waals surface area contributed by atoms with Gasteiger partial charge in [0.1, 0.15) is 5.69 Å². The van der Waals surface area contributed by atoms with Gasteiger partial charge in [-0.1, -0.05) is 6.92 Å². The van der Waals surface area contributed by atoms with Crippen LogP contribution in [0.3, 0.4) is 0 Å². The Labute approximate surface area is 173 Å². The molecule has 3 heterocycles. The molecule has 1 aromatic rings. The molecule has 1 saturated carbocycles. The molecule has 4 rings (SSSR count). The predicted molar refractivity (Wildman–Crippen MR) is 102 cm³/mol. The Morgan fingerprint density at radius 1 is 1.20 bits per heavy atom. The number of hydrogen-bond acceptors (Lipinski definition) is 3. The van der Waals surface area contributed by atoms with Gasteiger partial charge in [0.25, 0.3) is 0 Å². The van der Waals surface area contributed by atoms with Gasteiger partial charge in [0.2, 0.25) is 5.91 Å². The fourth-order valence-electron chi connectivity index (χ4n) is 5.44. The van der Waals surface area contributed by atoms with Gasteiger partial charge in [-0.2, -0.15) is 18.3 Å². The van der Waals surface area contributed by atoms with Crippen molar-refractivity contribution in [3.63, 3.8) is 0 Å². The number of nitrogens with one attached hydrogen (secondary N) is 1. The van der Waals surface area contributed by atoms with Crippen LogP contribution in [0.25, 0.3) is 0 Å². The zero-order chi connectivity index (χ0) is 21.9. The lowest BCUT2D eigenvalue weighted by Crippen LogP contribution is -2.74. The normalized spacial score (nSPS) is 22.3. The van der Waals surface area contributed by atoms with Gasteiger partial charge in [0.05, 0.1) is 11.2 Å². The zero-order valence-corrected chi connectivity index (χ0v) is 17.6. The van der Waals surface area contributed by atoms with E-state index in [4.69, 9.17) is 0 Å². The van der Waals surface area contributed by atoms with Crippen molar-refractivity contribution < 1.29 is 22.8 Å². The third-order valence-corrected chi connectivity index (χ3v) is 6.86. The van der Waals surface area contributed by atoms with Crippen LogP contribution in [0.5, 0.6) is 0 Å². The van der Waals surface area contributed by atoms with Crippen molar-refractivity contribution in [3.8, 4) is 0 Å². The van der Waals surface area contributed by atoms with E-state index >= 15 is 0 Å². The Balaban J connectivity index is 1.23. The Bertz CT molecular complexity index is 845.